The summed E-state index contributed by atoms with van der Waals surface area (Å²) in [5.41, 5.74) is 7.50. The van der Waals surface area contributed by atoms with E-state index in [1.165, 1.54) is 0 Å². The highest BCUT2D eigenvalue weighted by atomic mass is 16.5. The van der Waals surface area contributed by atoms with Gasteiger partial charge >= 0.3 is 5.97 Å². The summed E-state index contributed by atoms with van der Waals surface area (Å²) in [5, 5.41) is 3.15. The molecule has 0 bridgehead atoms. The van der Waals surface area contributed by atoms with Crippen LogP contribution >= 0.6 is 0 Å². The Morgan fingerprint density at radius 2 is 2.05 bits per heavy atom. The molecule has 3 N–H and O–H groups in total. The van der Waals surface area contributed by atoms with Crippen molar-refractivity contribution in [2.45, 2.75) is 19.8 Å². The number of anilines is 2. The van der Waals surface area contributed by atoms with Crippen molar-refractivity contribution in [2.75, 3.05) is 24.2 Å². The van der Waals surface area contributed by atoms with Gasteiger partial charge in [0.05, 0.1) is 12.3 Å². The molecule has 0 fully saturated rings. The lowest BCUT2D eigenvalue weighted by atomic mass is 10.1. The third-order valence-corrected chi connectivity index (χ3v) is 2.98. The lowest BCUT2D eigenvalue weighted by Crippen LogP contribution is -2.10. The van der Waals surface area contributed by atoms with E-state index >= 15 is 0 Å². The second kappa shape index (κ2) is 7.97. The number of aromatic nitrogens is 2. The van der Waals surface area contributed by atoms with Gasteiger partial charge in [-0.05, 0) is 13.3 Å². The maximum absolute atomic E-state index is 11.3. The lowest BCUT2D eigenvalue weighted by Gasteiger charge is -2.08. The Morgan fingerprint density at radius 3 is 2.77 bits per heavy atom. The molecule has 0 aliphatic rings. The third-order valence-electron chi connectivity index (χ3n) is 2.98. The molecule has 0 aliphatic carbocycles. The number of rotatable bonds is 7. The summed E-state index contributed by atoms with van der Waals surface area (Å²) in [4.78, 5) is 19.6. The summed E-state index contributed by atoms with van der Waals surface area (Å²) in [6.07, 6.45) is 1.05. The number of nitrogens with two attached hydrogens (primary N) is 1. The van der Waals surface area contributed by atoms with Gasteiger partial charge in [0.25, 0.3) is 0 Å². The number of hydrogen-bond donors (Lipinski definition) is 2. The molecule has 116 valence electrons. The Labute approximate surface area is 129 Å². The molecule has 2 aromatic rings. The van der Waals surface area contributed by atoms with Crippen LogP contribution in [0.2, 0.25) is 0 Å². The molecule has 22 heavy (non-hydrogen) atoms. The van der Waals surface area contributed by atoms with Crippen LogP contribution in [0.15, 0.2) is 36.4 Å². The van der Waals surface area contributed by atoms with E-state index in [1.807, 2.05) is 36.4 Å². The molecular weight excluding hydrogens is 280 g/mol. The highest BCUT2D eigenvalue weighted by Crippen LogP contribution is 2.20. The summed E-state index contributed by atoms with van der Waals surface area (Å²) in [6, 6.07) is 11.6. The number of nitrogens with one attached hydrogen (secondary N) is 1. The predicted molar refractivity (Wildman–Crippen MR) is 86.2 cm³/mol. The molecule has 1 aromatic heterocycles. The smallest absolute Gasteiger partial charge is 0.305 e. The van der Waals surface area contributed by atoms with Crippen molar-refractivity contribution in [3.63, 3.8) is 0 Å². The number of benzene rings is 1. The monoisotopic (exact) mass is 300 g/mol. The fraction of sp³-hybridized carbons (Fsp3) is 0.312. The number of carbonyl (C=O) groups is 1. The first-order valence-electron chi connectivity index (χ1n) is 7.28. The molecule has 0 amide bonds. The largest absolute Gasteiger partial charge is 0.466 e. The molecular formula is C16H20N4O2. The van der Waals surface area contributed by atoms with E-state index < -0.39 is 0 Å². The molecule has 2 rings (SSSR count). The molecule has 0 radical (unpaired) electrons. The van der Waals surface area contributed by atoms with Gasteiger partial charge in [0, 0.05) is 24.6 Å². The van der Waals surface area contributed by atoms with Crippen molar-refractivity contribution in [1.82, 2.24) is 9.97 Å². The minimum absolute atomic E-state index is 0.184. The van der Waals surface area contributed by atoms with Crippen molar-refractivity contribution < 1.29 is 9.53 Å². The van der Waals surface area contributed by atoms with E-state index in [9.17, 15) is 4.79 Å². The Kier molecular flexibility index (Phi) is 5.71. The van der Waals surface area contributed by atoms with Gasteiger partial charge < -0.3 is 15.8 Å². The molecule has 6 nitrogen and oxygen atoms in total. The van der Waals surface area contributed by atoms with Crippen LogP contribution in [0.5, 0.6) is 0 Å². The highest BCUT2D eigenvalue weighted by Gasteiger charge is 2.05. The van der Waals surface area contributed by atoms with Crippen molar-refractivity contribution in [3.8, 4) is 11.3 Å². The maximum atomic E-state index is 11.3. The summed E-state index contributed by atoms with van der Waals surface area (Å²) < 4.78 is 4.88. The Morgan fingerprint density at radius 1 is 1.27 bits per heavy atom. The van der Waals surface area contributed by atoms with E-state index in [1.54, 1.807) is 6.92 Å². The van der Waals surface area contributed by atoms with Gasteiger partial charge in [-0.3, -0.25) is 4.79 Å². The van der Waals surface area contributed by atoms with Crippen molar-refractivity contribution in [1.29, 1.82) is 0 Å². The lowest BCUT2D eigenvalue weighted by molar-refractivity contribution is -0.143. The van der Waals surface area contributed by atoms with Crippen molar-refractivity contribution in [2.24, 2.45) is 0 Å². The molecule has 0 saturated heterocycles. The van der Waals surface area contributed by atoms with Crippen LogP contribution in [0.1, 0.15) is 19.8 Å². The average Bonchev–Trinajstić information content (AvgIpc) is 2.52. The number of nitrogens with zero attached hydrogens (tertiary/aromatic N) is 2. The molecule has 1 aromatic carbocycles. The Bertz CT molecular complexity index is 617. The van der Waals surface area contributed by atoms with E-state index in [4.69, 9.17) is 10.5 Å². The van der Waals surface area contributed by atoms with Crippen molar-refractivity contribution >= 4 is 17.7 Å². The van der Waals surface area contributed by atoms with Gasteiger partial charge in [-0.25, -0.2) is 4.98 Å². The summed E-state index contributed by atoms with van der Waals surface area (Å²) in [5.74, 6) is 0.681. The minimum Gasteiger partial charge on any atom is -0.466 e. The van der Waals surface area contributed by atoms with Gasteiger partial charge in [-0.15, -0.1) is 0 Å². The highest BCUT2D eigenvalue weighted by molar-refractivity contribution is 5.69. The number of ether oxygens (including phenoxy) is 1. The molecule has 0 spiro atoms. The van der Waals surface area contributed by atoms with Crippen LogP contribution in [-0.2, 0) is 9.53 Å². The normalized spacial score (nSPS) is 10.2. The van der Waals surface area contributed by atoms with Crippen LogP contribution in [-0.4, -0.2) is 29.1 Å². The summed E-state index contributed by atoms with van der Waals surface area (Å²) in [7, 11) is 0. The Hall–Kier alpha value is -2.63. The van der Waals surface area contributed by atoms with Gasteiger partial charge in [0.1, 0.15) is 5.82 Å². The molecule has 1 heterocycles. The van der Waals surface area contributed by atoms with Crippen LogP contribution in [0.25, 0.3) is 11.3 Å². The first-order chi connectivity index (χ1) is 10.7. The topological polar surface area (TPSA) is 90.1 Å². The Balaban J connectivity index is 1.94. The van der Waals surface area contributed by atoms with E-state index in [-0.39, 0.29) is 11.9 Å². The quantitative estimate of drug-likeness (QED) is 0.603. The number of nitrogen functional groups attached to an aromatic ring is 1. The molecule has 0 saturated carbocycles. The SMILES string of the molecule is CCOC(=O)CCCNc1cc(-c2ccccc2)nc(N)n1. The summed E-state index contributed by atoms with van der Waals surface area (Å²) in [6.45, 7) is 2.82. The third kappa shape index (κ3) is 4.73. The second-order valence-electron chi connectivity index (χ2n) is 4.70. The number of hydrogen-bond acceptors (Lipinski definition) is 6. The number of esters is 1. The van der Waals surface area contributed by atoms with E-state index in [0.29, 0.717) is 31.8 Å². The summed E-state index contributed by atoms with van der Waals surface area (Å²) >= 11 is 0. The van der Waals surface area contributed by atoms with Crippen LogP contribution in [0.4, 0.5) is 11.8 Å². The van der Waals surface area contributed by atoms with Gasteiger partial charge in [0.15, 0.2) is 0 Å². The standard InChI is InChI=1S/C16H20N4O2/c1-2-22-15(21)9-6-10-18-14-11-13(19-16(17)20-14)12-7-4-3-5-8-12/h3-5,7-8,11H,2,6,9-10H2,1H3,(H3,17,18,19,20). The zero-order valence-corrected chi connectivity index (χ0v) is 12.6. The average molecular weight is 300 g/mol. The molecule has 0 unspecified atom stereocenters. The molecule has 0 atom stereocenters. The zero-order chi connectivity index (χ0) is 15.8. The van der Waals surface area contributed by atoms with Gasteiger partial charge in [-0.1, -0.05) is 30.3 Å². The van der Waals surface area contributed by atoms with Gasteiger partial charge in [0.2, 0.25) is 5.95 Å². The first-order valence-corrected chi connectivity index (χ1v) is 7.28. The van der Waals surface area contributed by atoms with Crippen molar-refractivity contribution in [3.05, 3.63) is 36.4 Å². The van der Waals surface area contributed by atoms with Crippen LogP contribution < -0.4 is 11.1 Å². The van der Waals surface area contributed by atoms with Crippen LogP contribution in [0, 0.1) is 0 Å². The fourth-order valence-corrected chi connectivity index (χ4v) is 2.00. The van der Waals surface area contributed by atoms with E-state index in [2.05, 4.69) is 15.3 Å². The minimum atomic E-state index is -0.184. The first kappa shape index (κ1) is 15.8. The number of carbonyl (C=O) groups excluding carboxylic acids is 1. The second-order valence-corrected chi connectivity index (χ2v) is 4.70. The maximum Gasteiger partial charge on any atom is 0.305 e. The van der Waals surface area contributed by atoms with E-state index in [0.717, 1.165) is 11.3 Å². The predicted octanol–water partition coefficient (Wildman–Crippen LogP) is 2.48. The fourth-order valence-electron chi connectivity index (χ4n) is 2.00. The zero-order valence-electron chi connectivity index (χ0n) is 12.6. The van der Waals surface area contributed by atoms with Gasteiger partial charge in [-0.2, -0.15) is 4.98 Å². The van der Waals surface area contributed by atoms with Crippen LogP contribution in [0.3, 0.4) is 0 Å². The molecule has 6 heteroatoms. The molecule has 0 aliphatic heterocycles.